The monoisotopic (exact) mass is 298 g/mol. The van der Waals surface area contributed by atoms with Crippen LogP contribution in [0.5, 0.6) is 0 Å². The van der Waals surface area contributed by atoms with E-state index in [1.807, 2.05) is 0 Å². The van der Waals surface area contributed by atoms with E-state index in [1.54, 1.807) is 0 Å². The topological polar surface area (TPSA) is 0 Å². The second-order valence-corrected chi connectivity index (χ2v) is 6.80. The van der Waals surface area contributed by atoms with Crippen LogP contribution in [0.2, 0.25) is 0 Å². The van der Waals surface area contributed by atoms with Gasteiger partial charge < -0.3 is 0 Å². The van der Waals surface area contributed by atoms with Gasteiger partial charge in [-0.05, 0) is 73.3 Å². The Bertz CT molecular complexity index is 609. The Morgan fingerprint density at radius 1 is 1.00 bits per heavy atom. The number of hydrogen-bond donors (Lipinski definition) is 0. The highest BCUT2D eigenvalue weighted by Crippen LogP contribution is 2.40. The zero-order valence-corrected chi connectivity index (χ0v) is 13.7. The number of hydrogen-bond acceptors (Lipinski definition) is 0. The lowest BCUT2D eigenvalue weighted by molar-refractivity contribution is 0.464. The van der Waals surface area contributed by atoms with Gasteiger partial charge in [0.2, 0.25) is 0 Å². The van der Waals surface area contributed by atoms with E-state index in [-0.39, 0.29) is 5.38 Å². The molecule has 0 aromatic heterocycles. The van der Waals surface area contributed by atoms with Crippen molar-refractivity contribution in [3.8, 4) is 0 Å². The number of rotatable bonds is 2. The normalized spacial score (nSPS) is 21.7. The SMILES string of the molecule is Cc1cccc(C)c1CC1CCCc2ccccc2C1Cl. The summed E-state index contributed by atoms with van der Waals surface area (Å²) in [6.45, 7) is 4.44. The maximum atomic E-state index is 6.87. The third-order valence-electron chi connectivity index (χ3n) is 4.90. The van der Waals surface area contributed by atoms with Crippen LogP contribution < -0.4 is 0 Å². The maximum Gasteiger partial charge on any atom is 0.0619 e. The molecule has 2 aromatic rings. The van der Waals surface area contributed by atoms with Gasteiger partial charge in [-0.2, -0.15) is 0 Å². The fraction of sp³-hybridized carbons (Fsp3) is 0.400. The molecule has 110 valence electrons. The van der Waals surface area contributed by atoms with Crippen molar-refractivity contribution >= 4 is 11.6 Å². The van der Waals surface area contributed by atoms with Crippen molar-refractivity contribution in [1.82, 2.24) is 0 Å². The number of aryl methyl sites for hydroxylation is 3. The molecule has 0 N–H and O–H groups in total. The smallest absolute Gasteiger partial charge is 0.0619 e. The molecule has 0 spiro atoms. The Kier molecular flexibility index (Phi) is 4.35. The van der Waals surface area contributed by atoms with E-state index in [4.69, 9.17) is 11.6 Å². The maximum absolute atomic E-state index is 6.87. The van der Waals surface area contributed by atoms with E-state index in [9.17, 15) is 0 Å². The highest BCUT2D eigenvalue weighted by atomic mass is 35.5. The molecular weight excluding hydrogens is 276 g/mol. The molecule has 0 aliphatic heterocycles. The molecule has 0 heterocycles. The van der Waals surface area contributed by atoms with Crippen LogP contribution in [0.1, 0.15) is 46.0 Å². The van der Waals surface area contributed by atoms with Crippen molar-refractivity contribution in [1.29, 1.82) is 0 Å². The van der Waals surface area contributed by atoms with Crippen molar-refractivity contribution in [3.05, 3.63) is 70.3 Å². The molecule has 0 fully saturated rings. The van der Waals surface area contributed by atoms with Crippen LogP contribution >= 0.6 is 11.6 Å². The van der Waals surface area contributed by atoms with E-state index in [1.165, 1.54) is 47.1 Å². The van der Waals surface area contributed by atoms with Crippen molar-refractivity contribution in [2.45, 2.75) is 44.9 Å². The number of halogens is 1. The molecule has 2 aromatic carbocycles. The second kappa shape index (κ2) is 6.23. The van der Waals surface area contributed by atoms with Gasteiger partial charge in [0.25, 0.3) is 0 Å². The zero-order valence-electron chi connectivity index (χ0n) is 12.9. The first-order chi connectivity index (χ1) is 10.2. The van der Waals surface area contributed by atoms with Crippen LogP contribution in [0, 0.1) is 19.8 Å². The summed E-state index contributed by atoms with van der Waals surface area (Å²) in [5.41, 5.74) is 7.09. The average Bonchev–Trinajstić information content (AvgIpc) is 2.63. The fourth-order valence-corrected chi connectivity index (χ4v) is 4.05. The standard InChI is InChI=1S/C20H23Cl/c1-14-7-5-8-15(2)19(14)13-17-11-6-10-16-9-3-4-12-18(16)20(17)21/h3-5,7-9,12,17,20H,6,10-11,13H2,1-2H3. The van der Waals surface area contributed by atoms with Gasteiger partial charge in [0, 0.05) is 0 Å². The molecule has 0 radical (unpaired) electrons. The summed E-state index contributed by atoms with van der Waals surface area (Å²) in [4.78, 5) is 0. The predicted octanol–water partition coefficient (Wildman–Crippen LogP) is 5.78. The molecule has 0 saturated carbocycles. The molecular formula is C20H23Cl. The van der Waals surface area contributed by atoms with Gasteiger partial charge in [-0.3, -0.25) is 0 Å². The lowest BCUT2D eigenvalue weighted by Crippen LogP contribution is -2.12. The van der Waals surface area contributed by atoms with E-state index in [0.29, 0.717) is 5.92 Å². The van der Waals surface area contributed by atoms with Crippen LogP contribution in [0.3, 0.4) is 0 Å². The van der Waals surface area contributed by atoms with Crippen LogP contribution in [-0.2, 0) is 12.8 Å². The summed E-state index contributed by atoms with van der Waals surface area (Å²) in [6, 6.07) is 15.3. The first kappa shape index (κ1) is 14.7. The van der Waals surface area contributed by atoms with Crippen LogP contribution in [-0.4, -0.2) is 0 Å². The summed E-state index contributed by atoms with van der Waals surface area (Å²) in [6.07, 6.45) is 4.73. The Morgan fingerprint density at radius 3 is 2.48 bits per heavy atom. The third kappa shape index (κ3) is 3.01. The van der Waals surface area contributed by atoms with Crippen molar-refractivity contribution in [2.75, 3.05) is 0 Å². The summed E-state index contributed by atoms with van der Waals surface area (Å²) < 4.78 is 0. The molecule has 21 heavy (non-hydrogen) atoms. The Balaban J connectivity index is 1.90. The summed E-state index contributed by atoms with van der Waals surface area (Å²) in [7, 11) is 0. The van der Waals surface area contributed by atoms with Crippen molar-refractivity contribution in [2.24, 2.45) is 5.92 Å². The molecule has 1 heteroatoms. The van der Waals surface area contributed by atoms with Crippen LogP contribution in [0.25, 0.3) is 0 Å². The highest BCUT2D eigenvalue weighted by Gasteiger charge is 2.26. The van der Waals surface area contributed by atoms with Crippen molar-refractivity contribution in [3.63, 3.8) is 0 Å². The van der Waals surface area contributed by atoms with Gasteiger partial charge in [0.1, 0.15) is 0 Å². The summed E-state index contributed by atoms with van der Waals surface area (Å²) in [5, 5.41) is 0.141. The van der Waals surface area contributed by atoms with E-state index in [2.05, 4.69) is 56.3 Å². The van der Waals surface area contributed by atoms with Gasteiger partial charge in [0.15, 0.2) is 0 Å². The quantitative estimate of drug-likeness (QED) is 0.487. The fourth-order valence-electron chi connectivity index (χ4n) is 3.62. The van der Waals surface area contributed by atoms with E-state index < -0.39 is 0 Å². The lowest BCUT2D eigenvalue weighted by Gasteiger charge is -2.23. The third-order valence-corrected chi connectivity index (χ3v) is 5.49. The predicted molar refractivity (Wildman–Crippen MR) is 91.1 cm³/mol. The molecule has 2 atom stereocenters. The molecule has 0 bridgehead atoms. The minimum atomic E-state index is 0.141. The molecule has 1 aliphatic rings. The summed E-state index contributed by atoms with van der Waals surface area (Å²) >= 11 is 6.87. The number of benzene rings is 2. The molecule has 0 amide bonds. The first-order valence-electron chi connectivity index (χ1n) is 7.94. The Morgan fingerprint density at radius 2 is 1.71 bits per heavy atom. The second-order valence-electron chi connectivity index (χ2n) is 6.33. The largest absolute Gasteiger partial charge is 0.117 e. The molecule has 3 rings (SSSR count). The number of fused-ring (bicyclic) bond motifs is 1. The van der Waals surface area contributed by atoms with Gasteiger partial charge >= 0.3 is 0 Å². The van der Waals surface area contributed by atoms with Crippen molar-refractivity contribution < 1.29 is 0 Å². The minimum absolute atomic E-state index is 0.141. The molecule has 2 unspecified atom stereocenters. The van der Waals surface area contributed by atoms with Gasteiger partial charge in [-0.1, -0.05) is 42.5 Å². The van der Waals surface area contributed by atoms with Crippen LogP contribution in [0.4, 0.5) is 0 Å². The van der Waals surface area contributed by atoms with E-state index in [0.717, 1.165) is 6.42 Å². The minimum Gasteiger partial charge on any atom is -0.117 e. The zero-order chi connectivity index (χ0) is 14.8. The van der Waals surface area contributed by atoms with Gasteiger partial charge in [0.05, 0.1) is 5.38 Å². The first-order valence-corrected chi connectivity index (χ1v) is 8.37. The molecule has 0 saturated heterocycles. The number of alkyl halides is 1. The Hall–Kier alpha value is -1.27. The van der Waals surface area contributed by atoms with Gasteiger partial charge in [-0.15, -0.1) is 11.6 Å². The lowest BCUT2D eigenvalue weighted by atomic mass is 9.87. The van der Waals surface area contributed by atoms with Gasteiger partial charge in [-0.25, -0.2) is 0 Å². The van der Waals surface area contributed by atoms with E-state index >= 15 is 0 Å². The Labute approximate surface area is 133 Å². The highest BCUT2D eigenvalue weighted by molar-refractivity contribution is 6.21. The summed E-state index contributed by atoms with van der Waals surface area (Å²) in [5.74, 6) is 0.537. The molecule has 0 nitrogen and oxygen atoms in total. The average molecular weight is 299 g/mol. The molecule has 1 aliphatic carbocycles. The van der Waals surface area contributed by atoms with Crippen LogP contribution in [0.15, 0.2) is 42.5 Å².